The molecule has 0 fully saturated rings. The third-order valence-electron chi connectivity index (χ3n) is 5.30. The van der Waals surface area contributed by atoms with Crippen LogP contribution in [-0.2, 0) is 0 Å². The number of hydrogen-bond acceptors (Lipinski definition) is 10. The molecule has 0 radical (unpaired) electrons. The second-order valence-electron chi connectivity index (χ2n) is 7.95. The van der Waals surface area contributed by atoms with E-state index in [2.05, 4.69) is 45.6 Å². The number of benzene rings is 2. The van der Waals surface area contributed by atoms with Gasteiger partial charge in [0.15, 0.2) is 11.4 Å². The van der Waals surface area contributed by atoms with Gasteiger partial charge in [0, 0.05) is 0 Å². The summed E-state index contributed by atoms with van der Waals surface area (Å²) in [4.78, 5) is 38.9. The van der Waals surface area contributed by atoms with E-state index in [0.29, 0.717) is 22.8 Å². The molecule has 0 bridgehead atoms. The molecule has 0 unspecified atom stereocenters. The van der Waals surface area contributed by atoms with Crippen LogP contribution in [-0.4, -0.2) is 41.6 Å². The number of ether oxygens (including phenoxy) is 1. The molecule has 3 heterocycles. The van der Waals surface area contributed by atoms with Crippen molar-refractivity contribution in [2.24, 2.45) is 20.5 Å². The average Bonchev–Trinajstić information content (AvgIpc) is 3.40. The SMILES string of the molecule is COc1nc(-n2[nH]c(C)c(N=Nc3ccccc3)c2=O)nc(-n2[nH]c(C)c(N=Nc3ccccc3)c2=O)n1. The highest BCUT2D eigenvalue weighted by Gasteiger charge is 2.20. The molecular weight excluding hydrogens is 490 g/mol. The van der Waals surface area contributed by atoms with Crippen molar-refractivity contribution in [3.8, 4) is 17.9 Å². The summed E-state index contributed by atoms with van der Waals surface area (Å²) in [6.07, 6.45) is 0. The largest absolute Gasteiger partial charge is 0.467 e. The summed E-state index contributed by atoms with van der Waals surface area (Å²) in [5.74, 6) is -0.236. The summed E-state index contributed by atoms with van der Waals surface area (Å²) in [6, 6.07) is 17.9. The first-order chi connectivity index (χ1) is 18.4. The molecule has 190 valence electrons. The van der Waals surface area contributed by atoms with Gasteiger partial charge in [-0.05, 0) is 38.1 Å². The van der Waals surface area contributed by atoms with Gasteiger partial charge in [-0.3, -0.25) is 19.8 Å². The number of aromatic nitrogens is 7. The summed E-state index contributed by atoms with van der Waals surface area (Å²) >= 11 is 0. The predicted molar refractivity (Wildman–Crippen MR) is 137 cm³/mol. The fourth-order valence-electron chi connectivity index (χ4n) is 3.42. The molecule has 5 rings (SSSR count). The zero-order valence-corrected chi connectivity index (χ0v) is 20.5. The number of rotatable bonds is 7. The molecule has 0 atom stereocenters. The smallest absolute Gasteiger partial charge is 0.322 e. The molecule has 3 aromatic heterocycles. The van der Waals surface area contributed by atoms with Crippen LogP contribution >= 0.6 is 0 Å². The van der Waals surface area contributed by atoms with Crippen LogP contribution in [0, 0.1) is 13.8 Å². The average molecular weight is 512 g/mol. The molecule has 0 saturated heterocycles. The second-order valence-corrected chi connectivity index (χ2v) is 7.95. The number of aryl methyl sites for hydroxylation is 2. The van der Waals surface area contributed by atoms with E-state index in [4.69, 9.17) is 4.74 Å². The number of nitrogens with one attached hydrogen (secondary N) is 2. The standard InChI is InChI=1S/C24H21N11O3/c1-14-18(30-28-16-10-6-4-7-11-16)20(36)34(32-14)22-25-23(27-24(26-22)38-3)35-21(37)19(15(2)33-35)31-29-17-12-8-5-9-13-17/h4-13,32-33H,1-3H3. The molecule has 0 aliphatic heterocycles. The molecule has 14 heteroatoms. The van der Waals surface area contributed by atoms with Crippen molar-refractivity contribution < 1.29 is 4.74 Å². The number of azo groups is 2. The molecule has 2 aromatic carbocycles. The van der Waals surface area contributed by atoms with Crippen LogP contribution in [0.2, 0.25) is 0 Å². The van der Waals surface area contributed by atoms with Crippen molar-refractivity contribution in [3.05, 3.63) is 92.8 Å². The molecule has 0 aliphatic rings. The highest BCUT2D eigenvalue weighted by atomic mass is 16.5. The second kappa shape index (κ2) is 10.2. The summed E-state index contributed by atoms with van der Waals surface area (Å²) in [5.41, 5.74) is 1.11. The molecule has 0 amide bonds. The van der Waals surface area contributed by atoms with E-state index in [-0.39, 0.29) is 29.3 Å². The van der Waals surface area contributed by atoms with Crippen molar-refractivity contribution in [2.75, 3.05) is 7.11 Å². The maximum absolute atomic E-state index is 13.1. The first kappa shape index (κ1) is 24.2. The summed E-state index contributed by atoms with van der Waals surface area (Å²) in [6.45, 7) is 3.33. The molecule has 38 heavy (non-hydrogen) atoms. The van der Waals surface area contributed by atoms with Gasteiger partial charge in [-0.1, -0.05) is 36.4 Å². The molecule has 14 nitrogen and oxygen atoms in total. The third-order valence-corrected chi connectivity index (χ3v) is 5.30. The summed E-state index contributed by atoms with van der Waals surface area (Å²) in [7, 11) is 1.35. The Hall–Kier alpha value is -5.53. The van der Waals surface area contributed by atoms with Gasteiger partial charge in [0.05, 0.1) is 29.9 Å². The van der Waals surface area contributed by atoms with Crippen LogP contribution in [0.1, 0.15) is 11.4 Å². The van der Waals surface area contributed by atoms with Crippen molar-refractivity contribution >= 4 is 22.7 Å². The Balaban J connectivity index is 1.54. The van der Waals surface area contributed by atoms with E-state index in [9.17, 15) is 9.59 Å². The van der Waals surface area contributed by atoms with Crippen LogP contribution in [0.5, 0.6) is 6.01 Å². The number of methoxy groups -OCH3 is 1. The highest BCUT2D eigenvalue weighted by molar-refractivity contribution is 5.44. The lowest BCUT2D eigenvalue weighted by Crippen LogP contribution is -2.22. The Labute approximate surface area is 214 Å². The van der Waals surface area contributed by atoms with E-state index in [1.54, 1.807) is 38.1 Å². The minimum absolute atomic E-state index is 0.0753. The predicted octanol–water partition coefficient (Wildman–Crippen LogP) is 4.29. The third kappa shape index (κ3) is 4.77. The fraction of sp³-hybridized carbons (Fsp3) is 0.125. The molecule has 0 aliphatic carbocycles. The topological polar surface area (TPSA) is 173 Å². The van der Waals surface area contributed by atoms with Gasteiger partial charge in [-0.15, -0.1) is 10.2 Å². The Morgan fingerprint density at radius 3 is 1.47 bits per heavy atom. The first-order valence-electron chi connectivity index (χ1n) is 11.3. The molecule has 5 aromatic rings. The van der Waals surface area contributed by atoms with Crippen molar-refractivity contribution in [1.29, 1.82) is 0 Å². The maximum atomic E-state index is 13.1. The van der Waals surface area contributed by atoms with Gasteiger partial charge in [-0.25, -0.2) is 0 Å². The summed E-state index contributed by atoms with van der Waals surface area (Å²) in [5, 5.41) is 22.2. The Kier molecular flexibility index (Phi) is 6.50. The minimum atomic E-state index is -0.547. The number of hydrogen-bond donors (Lipinski definition) is 2. The van der Waals surface area contributed by atoms with Crippen molar-refractivity contribution in [3.63, 3.8) is 0 Å². The van der Waals surface area contributed by atoms with E-state index in [0.717, 1.165) is 9.36 Å². The van der Waals surface area contributed by atoms with Gasteiger partial charge >= 0.3 is 17.1 Å². The number of H-pyrrole nitrogens is 2. The maximum Gasteiger partial charge on any atom is 0.322 e. The van der Waals surface area contributed by atoms with E-state index >= 15 is 0 Å². The zero-order valence-electron chi connectivity index (χ0n) is 20.5. The van der Waals surface area contributed by atoms with Crippen LogP contribution in [0.25, 0.3) is 11.9 Å². The Morgan fingerprint density at radius 2 is 1.08 bits per heavy atom. The van der Waals surface area contributed by atoms with Gasteiger partial charge < -0.3 is 4.74 Å². The van der Waals surface area contributed by atoms with Crippen LogP contribution in [0.4, 0.5) is 22.7 Å². The monoisotopic (exact) mass is 511 g/mol. The van der Waals surface area contributed by atoms with Gasteiger partial charge in [-0.2, -0.15) is 34.5 Å². The van der Waals surface area contributed by atoms with Gasteiger partial charge in [0.25, 0.3) is 11.9 Å². The zero-order chi connectivity index (χ0) is 26.6. The molecule has 2 N–H and O–H groups in total. The van der Waals surface area contributed by atoms with Crippen LogP contribution in [0.3, 0.4) is 0 Å². The first-order valence-corrected chi connectivity index (χ1v) is 11.3. The lowest BCUT2D eigenvalue weighted by Gasteiger charge is -2.06. The molecule has 0 spiro atoms. The van der Waals surface area contributed by atoms with Crippen molar-refractivity contribution in [1.82, 2.24) is 34.5 Å². The summed E-state index contributed by atoms with van der Waals surface area (Å²) < 4.78 is 7.34. The van der Waals surface area contributed by atoms with Gasteiger partial charge in [0.2, 0.25) is 0 Å². The van der Waals surface area contributed by atoms with Gasteiger partial charge in [0.1, 0.15) is 0 Å². The Morgan fingerprint density at radius 1 is 0.658 bits per heavy atom. The molecular formula is C24H21N11O3. The number of aromatic amines is 2. The Bertz CT molecular complexity index is 1640. The highest BCUT2D eigenvalue weighted by Crippen LogP contribution is 2.20. The quantitative estimate of drug-likeness (QED) is 0.308. The van der Waals surface area contributed by atoms with E-state index in [1.165, 1.54) is 7.11 Å². The minimum Gasteiger partial charge on any atom is -0.467 e. The lowest BCUT2D eigenvalue weighted by atomic mass is 10.3. The fourth-order valence-corrected chi connectivity index (χ4v) is 3.42. The van der Waals surface area contributed by atoms with Crippen LogP contribution in [0.15, 0.2) is 90.7 Å². The van der Waals surface area contributed by atoms with E-state index < -0.39 is 11.1 Å². The normalized spacial score (nSPS) is 11.6. The lowest BCUT2D eigenvalue weighted by molar-refractivity contribution is 0.375. The van der Waals surface area contributed by atoms with Crippen molar-refractivity contribution in [2.45, 2.75) is 13.8 Å². The molecule has 0 saturated carbocycles. The van der Waals surface area contributed by atoms with E-state index in [1.807, 2.05) is 36.4 Å². The van der Waals surface area contributed by atoms with Crippen LogP contribution < -0.4 is 15.9 Å². The number of nitrogens with zero attached hydrogens (tertiary/aromatic N) is 9.